The second kappa shape index (κ2) is 51.5. The zero-order chi connectivity index (χ0) is 51.3. The first-order chi connectivity index (χ1) is 34.2. The van der Waals surface area contributed by atoms with Crippen LogP contribution in [0.5, 0.6) is 0 Å². The first-order valence-electron chi connectivity index (χ1n) is 26.8. The van der Waals surface area contributed by atoms with Crippen LogP contribution in [0.15, 0.2) is 109 Å². The van der Waals surface area contributed by atoms with Crippen molar-refractivity contribution >= 4 is 25.7 Å². The second-order valence-electron chi connectivity index (χ2n) is 17.3. The van der Waals surface area contributed by atoms with E-state index in [-0.39, 0.29) is 19.3 Å². The van der Waals surface area contributed by atoms with Crippen molar-refractivity contribution < 1.29 is 52.2 Å². The number of hydrogen-bond donors (Lipinski definition) is 2. The van der Waals surface area contributed by atoms with E-state index in [2.05, 4.69) is 106 Å². The maximum atomic E-state index is 12.9. The molecule has 0 aliphatic heterocycles. The Balaban J connectivity index is 4.92. The SMILES string of the molecule is CC/C=C\C/C=C\C/C=C\C/C=C\C/C=C\CC(=O)OC(COC(=O)CCCC/C=C\C/C=C\C/C=C\C/C=C\CC)COP(=O)(O)OCC(CO)OC(=O)CCCCCCCCCCCCCCC. The monoisotopic (exact) mass is 999 g/mol. The Morgan fingerprint density at radius 2 is 0.800 bits per heavy atom. The molecule has 0 amide bonds. The van der Waals surface area contributed by atoms with Gasteiger partial charge in [0.15, 0.2) is 6.10 Å². The van der Waals surface area contributed by atoms with E-state index in [1.807, 2.05) is 18.2 Å². The summed E-state index contributed by atoms with van der Waals surface area (Å²) in [7, 11) is -4.78. The van der Waals surface area contributed by atoms with Crippen molar-refractivity contribution in [3.8, 4) is 0 Å². The second-order valence-corrected chi connectivity index (χ2v) is 18.8. The van der Waals surface area contributed by atoms with Crippen LogP contribution in [0.25, 0.3) is 0 Å². The summed E-state index contributed by atoms with van der Waals surface area (Å²) < 4.78 is 39.2. The number of allylic oxidation sites excluding steroid dienone is 17. The van der Waals surface area contributed by atoms with E-state index in [9.17, 15) is 28.9 Å². The molecule has 0 radical (unpaired) electrons. The summed E-state index contributed by atoms with van der Waals surface area (Å²) in [4.78, 5) is 48.3. The van der Waals surface area contributed by atoms with Crippen LogP contribution < -0.4 is 0 Å². The third kappa shape index (κ3) is 49.1. The van der Waals surface area contributed by atoms with Crippen LogP contribution >= 0.6 is 7.82 Å². The average Bonchev–Trinajstić information content (AvgIpc) is 3.35. The lowest BCUT2D eigenvalue weighted by Crippen LogP contribution is -2.30. The van der Waals surface area contributed by atoms with Crippen LogP contribution in [0.4, 0.5) is 0 Å². The fourth-order valence-corrected chi connectivity index (χ4v) is 7.50. The Bertz CT molecular complexity index is 1590. The standard InChI is InChI=1S/C58H95O11P/c1-4-7-10-13-16-19-22-25-27-30-32-35-38-41-44-47-56(60)65-51-55(69-58(62)49-46-43-40-37-34-31-28-26-23-20-17-14-11-8-5-2)53-67-70(63,64)66-52-54(50-59)68-57(61)48-45-42-39-36-33-29-24-21-18-15-12-9-6-3/h7-8,10-11,16-17,19-20,25-28,32,34-35,37,43,46,54-55,59H,4-6,9,12-15,18,21-24,29-31,33,36,38-42,44-45,47-53H2,1-3H3,(H,63,64)/b10-7-,11-8-,19-16-,20-17-,27-25-,28-26-,35-32-,37-34-,46-43-. The van der Waals surface area contributed by atoms with Crippen LogP contribution in [0.2, 0.25) is 0 Å². The lowest BCUT2D eigenvalue weighted by molar-refractivity contribution is -0.160. The van der Waals surface area contributed by atoms with Gasteiger partial charge < -0.3 is 24.2 Å². The predicted octanol–water partition coefficient (Wildman–Crippen LogP) is 15.5. The van der Waals surface area contributed by atoms with E-state index in [1.165, 1.54) is 57.8 Å². The van der Waals surface area contributed by atoms with Gasteiger partial charge in [-0.1, -0.05) is 207 Å². The van der Waals surface area contributed by atoms with Crippen molar-refractivity contribution in [2.75, 3.05) is 26.4 Å². The van der Waals surface area contributed by atoms with Gasteiger partial charge in [-0.25, -0.2) is 4.57 Å². The summed E-state index contributed by atoms with van der Waals surface area (Å²) in [6.45, 7) is 4.23. The number of unbranched alkanes of at least 4 members (excludes halogenated alkanes) is 14. The van der Waals surface area contributed by atoms with E-state index in [1.54, 1.807) is 6.08 Å². The van der Waals surface area contributed by atoms with E-state index in [0.717, 1.165) is 83.5 Å². The lowest BCUT2D eigenvalue weighted by Gasteiger charge is -2.21. The van der Waals surface area contributed by atoms with E-state index < -0.39 is 64.4 Å². The molecule has 398 valence electrons. The minimum absolute atomic E-state index is 0.0780. The van der Waals surface area contributed by atoms with Crippen molar-refractivity contribution in [2.45, 2.75) is 213 Å². The van der Waals surface area contributed by atoms with Gasteiger partial charge in [0.05, 0.1) is 26.2 Å². The molecule has 70 heavy (non-hydrogen) atoms. The lowest BCUT2D eigenvalue weighted by atomic mass is 10.0. The highest BCUT2D eigenvalue weighted by Gasteiger charge is 2.28. The third-order valence-corrected chi connectivity index (χ3v) is 11.7. The predicted molar refractivity (Wildman–Crippen MR) is 288 cm³/mol. The molecule has 0 aliphatic rings. The number of ether oxygens (including phenoxy) is 3. The maximum absolute atomic E-state index is 12.9. The van der Waals surface area contributed by atoms with Gasteiger partial charge in [0.25, 0.3) is 0 Å². The number of aliphatic hydroxyl groups is 1. The Morgan fingerprint density at radius 3 is 1.26 bits per heavy atom. The molecular weight excluding hydrogens is 904 g/mol. The Labute approximate surface area is 425 Å². The number of carbonyl (C=O) groups excluding carboxylic acids is 3. The molecule has 0 saturated heterocycles. The number of hydrogen-bond acceptors (Lipinski definition) is 10. The minimum Gasteiger partial charge on any atom is -0.462 e. The van der Waals surface area contributed by atoms with Gasteiger partial charge in [-0.15, -0.1) is 0 Å². The molecule has 3 unspecified atom stereocenters. The molecule has 0 saturated carbocycles. The van der Waals surface area contributed by atoms with Crippen molar-refractivity contribution in [3.05, 3.63) is 109 Å². The first kappa shape index (κ1) is 66.1. The number of esters is 3. The van der Waals surface area contributed by atoms with Crippen molar-refractivity contribution in [1.82, 2.24) is 0 Å². The number of rotatable bonds is 48. The Hall–Kier alpha value is -3.86. The molecule has 0 bridgehead atoms. The highest BCUT2D eigenvalue weighted by atomic mass is 31.2. The molecule has 0 aromatic rings. The molecule has 2 N–H and O–H groups in total. The highest BCUT2D eigenvalue weighted by molar-refractivity contribution is 7.47. The molecule has 0 aliphatic carbocycles. The fourth-order valence-electron chi connectivity index (χ4n) is 6.72. The van der Waals surface area contributed by atoms with Crippen molar-refractivity contribution in [2.24, 2.45) is 0 Å². The summed E-state index contributed by atoms with van der Waals surface area (Å²) in [6, 6.07) is 0. The van der Waals surface area contributed by atoms with Crippen LogP contribution in [0.3, 0.4) is 0 Å². The van der Waals surface area contributed by atoms with E-state index in [4.69, 9.17) is 23.3 Å². The molecule has 3 atom stereocenters. The third-order valence-electron chi connectivity index (χ3n) is 10.7. The van der Waals surface area contributed by atoms with Crippen LogP contribution in [-0.2, 0) is 42.2 Å². The molecule has 0 heterocycles. The molecule has 0 aromatic carbocycles. The molecule has 0 aromatic heterocycles. The summed E-state index contributed by atoms with van der Waals surface area (Å²) in [5.41, 5.74) is 0. The number of carbonyl (C=O) groups is 3. The fraction of sp³-hybridized carbons (Fsp3) is 0.638. The average molecular weight is 999 g/mol. The molecule has 12 heteroatoms. The maximum Gasteiger partial charge on any atom is 0.472 e. The van der Waals surface area contributed by atoms with Crippen molar-refractivity contribution in [1.29, 1.82) is 0 Å². The molecular formula is C58H95O11P. The van der Waals surface area contributed by atoms with Gasteiger partial charge in [0, 0.05) is 12.8 Å². The smallest absolute Gasteiger partial charge is 0.462 e. The molecule has 0 fully saturated rings. The summed E-state index contributed by atoms with van der Waals surface area (Å²) >= 11 is 0. The van der Waals surface area contributed by atoms with Gasteiger partial charge in [-0.05, 0) is 83.5 Å². The van der Waals surface area contributed by atoms with E-state index >= 15 is 0 Å². The van der Waals surface area contributed by atoms with Gasteiger partial charge in [-0.2, -0.15) is 0 Å². The Kier molecular flexibility index (Phi) is 48.7. The number of phosphoric ester groups is 1. The van der Waals surface area contributed by atoms with Gasteiger partial charge in [0.2, 0.25) is 0 Å². The van der Waals surface area contributed by atoms with Crippen molar-refractivity contribution in [3.63, 3.8) is 0 Å². The topological polar surface area (TPSA) is 155 Å². The largest absolute Gasteiger partial charge is 0.472 e. The number of aliphatic hydroxyl groups excluding tert-OH is 1. The van der Waals surface area contributed by atoms with E-state index in [0.29, 0.717) is 19.3 Å². The van der Waals surface area contributed by atoms with Crippen LogP contribution in [0, 0.1) is 0 Å². The van der Waals surface area contributed by atoms with Gasteiger partial charge in [-0.3, -0.25) is 23.4 Å². The first-order valence-corrected chi connectivity index (χ1v) is 28.3. The van der Waals surface area contributed by atoms with Gasteiger partial charge >= 0.3 is 25.7 Å². The zero-order valence-corrected chi connectivity index (χ0v) is 44.6. The molecule has 0 rings (SSSR count). The molecule has 0 spiro atoms. The highest BCUT2D eigenvalue weighted by Crippen LogP contribution is 2.43. The normalized spacial score (nSPS) is 14.3. The molecule has 11 nitrogen and oxygen atoms in total. The van der Waals surface area contributed by atoms with Crippen LogP contribution in [-0.4, -0.2) is 66.5 Å². The zero-order valence-electron chi connectivity index (χ0n) is 43.7. The van der Waals surface area contributed by atoms with Crippen LogP contribution in [0.1, 0.15) is 201 Å². The summed E-state index contributed by atoms with van der Waals surface area (Å²) in [6.07, 6.45) is 60.9. The summed E-state index contributed by atoms with van der Waals surface area (Å²) in [5, 5.41) is 9.78. The number of phosphoric acid groups is 1. The van der Waals surface area contributed by atoms with Gasteiger partial charge in [0.1, 0.15) is 12.7 Å². The minimum atomic E-state index is -4.78. The summed E-state index contributed by atoms with van der Waals surface area (Å²) in [5.74, 6) is -1.68. The Morgan fingerprint density at radius 1 is 0.429 bits per heavy atom. The quantitative estimate of drug-likeness (QED) is 0.0197.